The molecule has 0 aromatic heterocycles. The van der Waals surface area contributed by atoms with Crippen molar-refractivity contribution in [2.75, 3.05) is 7.11 Å². The van der Waals surface area contributed by atoms with Crippen LogP contribution in [-0.4, -0.2) is 23.7 Å². The SMILES string of the molecule is CCC(CC)(CCC(=O)OC)C(=O)C(C)Br. The number of Topliss-reactive ketones (excluding diaryl/α,β-unsaturated/α-hetero) is 1. The Hall–Kier alpha value is -0.380. The minimum absolute atomic E-state index is 0.162. The fraction of sp³-hybridized carbons (Fsp3) is 0.833. The summed E-state index contributed by atoms with van der Waals surface area (Å²) in [5.74, 6) is -0.0669. The lowest BCUT2D eigenvalue weighted by molar-refractivity contribution is -0.142. The van der Waals surface area contributed by atoms with Crippen LogP contribution in [0.3, 0.4) is 0 Å². The Morgan fingerprint density at radius 2 is 1.81 bits per heavy atom. The van der Waals surface area contributed by atoms with E-state index in [2.05, 4.69) is 20.7 Å². The molecule has 0 radical (unpaired) electrons. The van der Waals surface area contributed by atoms with Crippen molar-refractivity contribution >= 4 is 27.7 Å². The summed E-state index contributed by atoms with van der Waals surface area (Å²) in [6, 6.07) is 0. The molecule has 0 rings (SSSR count). The number of alkyl halides is 1. The van der Waals surface area contributed by atoms with Crippen LogP contribution in [0, 0.1) is 5.41 Å². The Labute approximate surface area is 106 Å². The molecular weight excluding hydrogens is 272 g/mol. The van der Waals surface area contributed by atoms with Crippen LogP contribution in [0.4, 0.5) is 0 Å². The van der Waals surface area contributed by atoms with Crippen molar-refractivity contribution < 1.29 is 14.3 Å². The summed E-state index contributed by atoms with van der Waals surface area (Å²) in [7, 11) is 1.37. The van der Waals surface area contributed by atoms with Gasteiger partial charge >= 0.3 is 5.97 Å². The largest absolute Gasteiger partial charge is 0.469 e. The summed E-state index contributed by atoms with van der Waals surface area (Å²) < 4.78 is 4.61. The van der Waals surface area contributed by atoms with Crippen LogP contribution >= 0.6 is 15.9 Å². The first kappa shape index (κ1) is 15.6. The molecule has 0 heterocycles. The lowest BCUT2D eigenvalue weighted by Crippen LogP contribution is -2.35. The van der Waals surface area contributed by atoms with E-state index in [0.29, 0.717) is 12.8 Å². The zero-order valence-electron chi connectivity index (χ0n) is 10.5. The van der Waals surface area contributed by atoms with Gasteiger partial charge in [0.15, 0.2) is 5.78 Å². The molecule has 0 N–H and O–H groups in total. The van der Waals surface area contributed by atoms with E-state index in [9.17, 15) is 9.59 Å². The average Bonchev–Trinajstić information content (AvgIpc) is 2.30. The Bertz CT molecular complexity index is 245. The molecule has 0 aliphatic rings. The molecule has 0 spiro atoms. The number of hydrogen-bond donors (Lipinski definition) is 0. The normalized spacial score (nSPS) is 13.3. The molecule has 0 saturated carbocycles. The average molecular weight is 293 g/mol. The maximum absolute atomic E-state index is 12.1. The van der Waals surface area contributed by atoms with E-state index >= 15 is 0 Å². The van der Waals surface area contributed by atoms with Crippen LogP contribution in [0.2, 0.25) is 0 Å². The van der Waals surface area contributed by atoms with E-state index in [0.717, 1.165) is 12.8 Å². The molecule has 0 amide bonds. The third-order valence-electron chi connectivity index (χ3n) is 3.27. The Morgan fingerprint density at radius 1 is 1.31 bits per heavy atom. The molecule has 4 heteroatoms. The van der Waals surface area contributed by atoms with Gasteiger partial charge in [0.25, 0.3) is 0 Å². The van der Waals surface area contributed by atoms with Crippen molar-refractivity contribution in [2.24, 2.45) is 5.41 Å². The molecule has 1 atom stereocenters. The van der Waals surface area contributed by atoms with Gasteiger partial charge in [-0.1, -0.05) is 29.8 Å². The summed E-state index contributed by atoms with van der Waals surface area (Å²) >= 11 is 3.32. The lowest BCUT2D eigenvalue weighted by Gasteiger charge is -2.31. The number of rotatable bonds is 7. The van der Waals surface area contributed by atoms with E-state index in [1.54, 1.807) is 0 Å². The van der Waals surface area contributed by atoms with Gasteiger partial charge < -0.3 is 4.74 Å². The van der Waals surface area contributed by atoms with Crippen LogP contribution in [0.1, 0.15) is 46.5 Å². The molecule has 0 aliphatic carbocycles. The van der Waals surface area contributed by atoms with Gasteiger partial charge in [-0.3, -0.25) is 9.59 Å². The minimum atomic E-state index is -0.392. The molecule has 0 aliphatic heterocycles. The molecule has 0 aromatic carbocycles. The summed E-state index contributed by atoms with van der Waals surface area (Å²) in [6.07, 6.45) is 2.40. The second-order valence-corrected chi connectivity index (χ2v) is 5.42. The van der Waals surface area contributed by atoms with Crippen molar-refractivity contribution in [2.45, 2.75) is 51.3 Å². The van der Waals surface area contributed by atoms with Gasteiger partial charge in [-0.15, -0.1) is 0 Å². The minimum Gasteiger partial charge on any atom is -0.469 e. The van der Waals surface area contributed by atoms with E-state index < -0.39 is 5.41 Å². The number of ether oxygens (including phenoxy) is 1. The van der Waals surface area contributed by atoms with Gasteiger partial charge in [0.1, 0.15) is 0 Å². The number of ketones is 1. The first-order valence-corrected chi connectivity index (χ1v) is 6.60. The molecule has 1 unspecified atom stereocenters. The quantitative estimate of drug-likeness (QED) is 0.535. The van der Waals surface area contributed by atoms with E-state index in [-0.39, 0.29) is 16.6 Å². The summed E-state index contributed by atoms with van der Waals surface area (Å²) in [5.41, 5.74) is -0.392. The van der Waals surface area contributed by atoms with Crippen LogP contribution in [0.15, 0.2) is 0 Å². The number of halogens is 1. The van der Waals surface area contributed by atoms with Crippen LogP contribution in [-0.2, 0) is 14.3 Å². The molecule has 0 aromatic rings. The summed E-state index contributed by atoms with van der Waals surface area (Å²) in [5, 5.41) is 0. The third kappa shape index (κ3) is 3.89. The first-order chi connectivity index (χ1) is 7.43. The van der Waals surface area contributed by atoms with Gasteiger partial charge in [-0.2, -0.15) is 0 Å². The van der Waals surface area contributed by atoms with Gasteiger partial charge in [-0.05, 0) is 26.2 Å². The van der Waals surface area contributed by atoms with Gasteiger partial charge in [0, 0.05) is 11.8 Å². The monoisotopic (exact) mass is 292 g/mol. The number of esters is 1. The number of carbonyl (C=O) groups is 2. The predicted octanol–water partition coefficient (Wildman–Crippen LogP) is 3.10. The van der Waals surface area contributed by atoms with Crippen molar-refractivity contribution in [1.82, 2.24) is 0 Å². The Balaban J connectivity index is 4.69. The second kappa shape index (κ2) is 7.05. The van der Waals surface area contributed by atoms with E-state index in [1.807, 2.05) is 20.8 Å². The molecule has 0 bridgehead atoms. The number of carbonyl (C=O) groups excluding carboxylic acids is 2. The van der Waals surface area contributed by atoms with Crippen molar-refractivity contribution in [3.05, 3.63) is 0 Å². The first-order valence-electron chi connectivity index (χ1n) is 5.68. The Kier molecular flexibility index (Phi) is 6.88. The topological polar surface area (TPSA) is 43.4 Å². The van der Waals surface area contributed by atoms with Gasteiger partial charge in [0.05, 0.1) is 11.9 Å². The highest BCUT2D eigenvalue weighted by atomic mass is 79.9. The molecule has 0 saturated heterocycles. The lowest BCUT2D eigenvalue weighted by atomic mass is 9.74. The van der Waals surface area contributed by atoms with Crippen LogP contribution in [0.25, 0.3) is 0 Å². The molecule has 94 valence electrons. The highest BCUT2D eigenvalue weighted by Gasteiger charge is 2.36. The highest BCUT2D eigenvalue weighted by molar-refractivity contribution is 9.10. The van der Waals surface area contributed by atoms with Crippen molar-refractivity contribution in [3.8, 4) is 0 Å². The fourth-order valence-corrected chi connectivity index (χ4v) is 2.43. The van der Waals surface area contributed by atoms with Crippen LogP contribution in [0.5, 0.6) is 0 Å². The maximum Gasteiger partial charge on any atom is 0.305 e. The summed E-state index contributed by atoms with van der Waals surface area (Å²) in [4.78, 5) is 23.1. The smallest absolute Gasteiger partial charge is 0.305 e. The highest BCUT2D eigenvalue weighted by Crippen LogP contribution is 2.35. The maximum atomic E-state index is 12.1. The molecule has 16 heavy (non-hydrogen) atoms. The third-order valence-corrected chi connectivity index (χ3v) is 3.69. The van der Waals surface area contributed by atoms with Gasteiger partial charge in [0.2, 0.25) is 0 Å². The second-order valence-electron chi connectivity index (χ2n) is 4.04. The molecular formula is C12H21BrO3. The van der Waals surface area contributed by atoms with Gasteiger partial charge in [-0.25, -0.2) is 0 Å². The molecule has 3 nitrogen and oxygen atoms in total. The number of hydrogen-bond acceptors (Lipinski definition) is 3. The summed E-state index contributed by atoms with van der Waals surface area (Å²) in [6.45, 7) is 5.82. The standard InChI is InChI=1S/C12H21BrO3/c1-5-12(6-2,11(15)9(3)13)8-7-10(14)16-4/h9H,5-8H2,1-4H3. The zero-order valence-corrected chi connectivity index (χ0v) is 12.1. The van der Waals surface area contributed by atoms with Crippen LogP contribution < -0.4 is 0 Å². The van der Waals surface area contributed by atoms with Crippen molar-refractivity contribution in [3.63, 3.8) is 0 Å². The Morgan fingerprint density at radius 3 is 2.12 bits per heavy atom. The van der Waals surface area contributed by atoms with Crippen molar-refractivity contribution in [1.29, 1.82) is 0 Å². The molecule has 0 fully saturated rings. The number of methoxy groups -OCH3 is 1. The zero-order chi connectivity index (χ0) is 12.8. The van der Waals surface area contributed by atoms with E-state index in [1.165, 1.54) is 7.11 Å². The fourth-order valence-electron chi connectivity index (χ4n) is 1.94. The predicted molar refractivity (Wildman–Crippen MR) is 67.7 cm³/mol. The van der Waals surface area contributed by atoms with E-state index in [4.69, 9.17) is 0 Å².